The van der Waals surface area contributed by atoms with Crippen LogP contribution < -0.4 is 0 Å². The first kappa shape index (κ1) is 13.6. The Hall–Kier alpha value is -1.81. The Morgan fingerprint density at radius 3 is 2.84 bits per heavy atom. The minimum absolute atomic E-state index is 0.113. The second-order valence-corrected chi connectivity index (χ2v) is 4.77. The van der Waals surface area contributed by atoms with Crippen LogP contribution in [0.3, 0.4) is 0 Å². The van der Waals surface area contributed by atoms with Crippen LogP contribution in [0.15, 0.2) is 24.4 Å². The van der Waals surface area contributed by atoms with E-state index in [1.54, 1.807) is 18.3 Å². The summed E-state index contributed by atoms with van der Waals surface area (Å²) in [6.07, 6.45) is 2.77. The van der Waals surface area contributed by atoms with E-state index in [0.29, 0.717) is 0 Å². The van der Waals surface area contributed by atoms with Crippen molar-refractivity contribution in [3.8, 4) is 11.1 Å². The van der Waals surface area contributed by atoms with Crippen LogP contribution in [0.25, 0.3) is 11.1 Å². The zero-order valence-electron chi connectivity index (χ0n) is 10.9. The van der Waals surface area contributed by atoms with Gasteiger partial charge in [0, 0.05) is 17.8 Å². The maximum atomic E-state index is 11.1. The van der Waals surface area contributed by atoms with Crippen molar-refractivity contribution < 1.29 is 9.90 Å². The van der Waals surface area contributed by atoms with Gasteiger partial charge in [0.2, 0.25) is 0 Å². The lowest BCUT2D eigenvalue weighted by atomic mass is 10.0. The van der Waals surface area contributed by atoms with E-state index in [9.17, 15) is 4.79 Å². The molecular formula is C14H15ClN2O2. The van der Waals surface area contributed by atoms with Gasteiger partial charge >= 0.3 is 5.97 Å². The number of benzene rings is 1. The van der Waals surface area contributed by atoms with Gasteiger partial charge in [0.1, 0.15) is 0 Å². The third-order valence-electron chi connectivity index (χ3n) is 3.05. The second-order valence-electron chi connectivity index (χ2n) is 4.37. The molecule has 2 aromatic rings. The molecule has 0 aliphatic heterocycles. The fourth-order valence-corrected chi connectivity index (χ4v) is 2.22. The number of hydrogen-bond donors (Lipinski definition) is 1. The molecule has 0 radical (unpaired) electrons. The summed E-state index contributed by atoms with van der Waals surface area (Å²) in [5, 5.41) is 13.7. The van der Waals surface area contributed by atoms with Crippen molar-refractivity contribution in [2.75, 3.05) is 0 Å². The van der Waals surface area contributed by atoms with Crippen molar-refractivity contribution in [1.82, 2.24) is 9.78 Å². The average Bonchev–Trinajstić information content (AvgIpc) is 2.72. The highest BCUT2D eigenvalue weighted by atomic mass is 35.5. The van der Waals surface area contributed by atoms with Gasteiger partial charge in [-0.05, 0) is 31.0 Å². The van der Waals surface area contributed by atoms with Crippen molar-refractivity contribution in [2.45, 2.75) is 26.8 Å². The molecule has 0 saturated heterocycles. The van der Waals surface area contributed by atoms with E-state index < -0.39 is 5.97 Å². The fourth-order valence-electron chi connectivity index (χ4n) is 2.02. The molecule has 4 nitrogen and oxygen atoms in total. The van der Waals surface area contributed by atoms with Crippen molar-refractivity contribution in [3.63, 3.8) is 0 Å². The van der Waals surface area contributed by atoms with Gasteiger partial charge in [-0.1, -0.05) is 24.6 Å². The number of carboxylic acid groups (broad SMARTS) is 1. The molecule has 5 heteroatoms. The van der Waals surface area contributed by atoms with E-state index in [2.05, 4.69) is 12.0 Å². The second kappa shape index (κ2) is 5.45. The molecular weight excluding hydrogens is 264 g/mol. The Kier molecular flexibility index (Phi) is 3.90. The summed E-state index contributed by atoms with van der Waals surface area (Å²) in [5.41, 5.74) is 2.90. The van der Waals surface area contributed by atoms with Crippen LogP contribution in [-0.2, 0) is 6.54 Å². The predicted molar refractivity (Wildman–Crippen MR) is 74.7 cm³/mol. The predicted octanol–water partition coefficient (Wildman–Crippen LogP) is 3.62. The summed E-state index contributed by atoms with van der Waals surface area (Å²) in [4.78, 5) is 11.1. The van der Waals surface area contributed by atoms with Crippen molar-refractivity contribution >= 4 is 17.6 Å². The van der Waals surface area contributed by atoms with Crippen LogP contribution in [0.2, 0.25) is 5.02 Å². The molecule has 2 rings (SSSR count). The van der Waals surface area contributed by atoms with Crippen molar-refractivity contribution in [3.05, 3.63) is 40.7 Å². The van der Waals surface area contributed by atoms with Gasteiger partial charge in [0.15, 0.2) is 0 Å². The largest absolute Gasteiger partial charge is 0.478 e. The molecule has 100 valence electrons. The minimum atomic E-state index is -1.02. The lowest BCUT2D eigenvalue weighted by Crippen LogP contribution is -2.01. The van der Waals surface area contributed by atoms with Crippen LogP contribution in [0.1, 0.15) is 29.4 Å². The third kappa shape index (κ3) is 2.63. The molecule has 0 bridgehead atoms. The molecule has 0 aliphatic rings. The molecule has 0 amide bonds. The first-order valence-electron chi connectivity index (χ1n) is 6.10. The third-order valence-corrected chi connectivity index (χ3v) is 3.38. The molecule has 0 saturated carbocycles. The normalized spacial score (nSPS) is 10.7. The number of aromatic nitrogens is 2. The van der Waals surface area contributed by atoms with Crippen LogP contribution in [0.5, 0.6) is 0 Å². The molecule has 1 aromatic heterocycles. The molecule has 0 aliphatic carbocycles. The highest BCUT2D eigenvalue weighted by Gasteiger charge is 2.13. The number of nitrogens with zero attached hydrogens (tertiary/aromatic N) is 2. The number of halogens is 1. The zero-order chi connectivity index (χ0) is 14.0. The zero-order valence-corrected chi connectivity index (χ0v) is 11.6. The number of hydrogen-bond acceptors (Lipinski definition) is 2. The standard InChI is InChI=1S/C14H15ClN2O2/c1-3-6-17-9(2)12(8-16-17)10-4-5-13(15)11(7-10)14(18)19/h4-5,7-8H,3,6H2,1-2H3,(H,18,19). The van der Waals surface area contributed by atoms with Gasteiger partial charge in [-0.2, -0.15) is 5.10 Å². The molecule has 1 heterocycles. The summed E-state index contributed by atoms with van der Waals surface area (Å²) in [7, 11) is 0. The first-order chi connectivity index (χ1) is 9.04. The Labute approximate surface area is 116 Å². The lowest BCUT2D eigenvalue weighted by Gasteiger charge is -2.06. The Balaban J connectivity index is 2.47. The van der Waals surface area contributed by atoms with Crippen LogP contribution >= 0.6 is 11.6 Å². The summed E-state index contributed by atoms with van der Waals surface area (Å²) < 4.78 is 1.92. The molecule has 0 atom stereocenters. The number of carboxylic acids is 1. The highest BCUT2D eigenvalue weighted by Crippen LogP contribution is 2.27. The maximum absolute atomic E-state index is 11.1. The van der Waals surface area contributed by atoms with Gasteiger partial charge in [-0.3, -0.25) is 4.68 Å². The average molecular weight is 279 g/mol. The molecule has 0 fully saturated rings. The quantitative estimate of drug-likeness (QED) is 0.929. The first-order valence-corrected chi connectivity index (χ1v) is 6.48. The summed E-state index contributed by atoms with van der Waals surface area (Å²) in [5.74, 6) is -1.02. The smallest absolute Gasteiger partial charge is 0.337 e. The van der Waals surface area contributed by atoms with Crippen molar-refractivity contribution in [1.29, 1.82) is 0 Å². The van der Waals surface area contributed by atoms with E-state index in [-0.39, 0.29) is 10.6 Å². The topological polar surface area (TPSA) is 55.1 Å². The summed E-state index contributed by atoms with van der Waals surface area (Å²) in [6.45, 7) is 4.92. The number of rotatable bonds is 4. The Morgan fingerprint density at radius 1 is 1.47 bits per heavy atom. The molecule has 1 N–H and O–H groups in total. The molecule has 0 unspecified atom stereocenters. The van der Waals surface area contributed by atoms with E-state index >= 15 is 0 Å². The minimum Gasteiger partial charge on any atom is -0.478 e. The summed E-state index contributed by atoms with van der Waals surface area (Å²) >= 11 is 5.87. The molecule has 0 spiro atoms. The summed E-state index contributed by atoms with van der Waals surface area (Å²) in [6, 6.07) is 5.01. The van der Waals surface area contributed by atoms with E-state index in [4.69, 9.17) is 16.7 Å². The lowest BCUT2D eigenvalue weighted by molar-refractivity contribution is 0.0697. The number of aromatic carboxylic acids is 1. The number of carbonyl (C=O) groups is 1. The van der Waals surface area contributed by atoms with Crippen molar-refractivity contribution in [2.24, 2.45) is 0 Å². The van der Waals surface area contributed by atoms with Gasteiger partial charge in [-0.15, -0.1) is 0 Å². The van der Waals surface area contributed by atoms with E-state index in [0.717, 1.165) is 29.8 Å². The fraction of sp³-hybridized carbons (Fsp3) is 0.286. The van der Waals surface area contributed by atoms with E-state index in [1.807, 2.05) is 17.7 Å². The van der Waals surface area contributed by atoms with Gasteiger partial charge in [-0.25, -0.2) is 4.79 Å². The number of aryl methyl sites for hydroxylation is 1. The van der Waals surface area contributed by atoms with E-state index in [1.165, 1.54) is 0 Å². The van der Waals surface area contributed by atoms with Crippen LogP contribution in [0, 0.1) is 6.92 Å². The molecule has 1 aromatic carbocycles. The Morgan fingerprint density at radius 2 is 2.21 bits per heavy atom. The monoisotopic (exact) mass is 278 g/mol. The Bertz CT molecular complexity index is 620. The van der Waals surface area contributed by atoms with Crippen LogP contribution in [0.4, 0.5) is 0 Å². The van der Waals surface area contributed by atoms with Gasteiger partial charge in [0.05, 0.1) is 16.8 Å². The molecule has 19 heavy (non-hydrogen) atoms. The highest BCUT2D eigenvalue weighted by molar-refractivity contribution is 6.33. The maximum Gasteiger partial charge on any atom is 0.337 e. The SMILES string of the molecule is CCCn1ncc(-c2ccc(Cl)c(C(=O)O)c2)c1C. The van der Waals surface area contributed by atoms with Gasteiger partial charge < -0.3 is 5.11 Å². The van der Waals surface area contributed by atoms with Gasteiger partial charge in [0.25, 0.3) is 0 Å². The van der Waals surface area contributed by atoms with Crippen LogP contribution in [-0.4, -0.2) is 20.9 Å².